The molecule has 2 rings (SSSR count). The lowest BCUT2D eigenvalue weighted by Crippen LogP contribution is -2.60. The van der Waals surface area contributed by atoms with Crippen LogP contribution in [0.5, 0.6) is 0 Å². The summed E-state index contributed by atoms with van der Waals surface area (Å²) >= 11 is 0. The van der Waals surface area contributed by atoms with Crippen molar-refractivity contribution in [1.82, 2.24) is 15.6 Å². The first-order chi connectivity index (χ1) is 10.0. The zero-order valence-corrected chi connectivity index (χ0v) is 11.7. The van der Waals surface area contributed by atoms with Crippen molar-refractivity contribution in [3.63, 3.8) is 0 Å². The molecule has 112 valence electrons. The second-order valence-electron chi connectivity index (χ2n) is 4.88. The van der Waals surface area contributed by atoms with Gasteiger partial charge in [0.2, 0.25) is 5.91 Å². The van der Waals surface area contributed by atoms with Gasteiger partial charge in [0.25, 0.3) is 0 Å². The second-order valence-corrected chi connectivity index (χ2v) is 4.88. The summed E-state index contributed by atoms with van der Waals surface area (Å²) in [4.78, 5) is 25.0. The quantitative estimate of drug-likeness (QED) is 0.362. The normalized spacial score (nSPS) is 19.7. The van der Waals surface area contributed by atoms with Gasteiger partial charge in [-0.05, 0) is 12.5 Å². The number of carbonyl (C=O) groups excluding carboxylic acids is 2. The molecule has 1 aliphatic rings. The Balaban J connectivity index is 2.02. The SMILES string of the molecule is CC(NC(=O)N1C(=O)CC1/C(N)=C/NN)c1ccccc1. The minimum atomic E-state index is -0.457. The Morgan fingerprint density at radius 2 is 2.10 bits per heavy atom. The zero-order valence-electron chi connectivity index (χ0n) is 11.7. The number of nitrogens with zero attached hydrogens (tertiary/aromatic N) is 1. The average Bonchev–Trinajstić information content (AvgIpc) is 2.45. The molecule has 3 amide bonds. The van der Waals surface area contributed by atoms with Gasteiger partial charge in [-0.25, -0.2) is 4.79 Å². The van der Waals surface area contributed by atoms with Crippen LogP contribution in [0.25, 0.3) is 0 Å². The van der Waals surface area contributed by atoms with E-state index in [1.165, 1.54) is 6.20 Å². The summed E-state index contributed by atoms with van der Waals surface area (Å²) in [5.41, 5.74) is 9.37. The van der Waals surface area contributed by atoms with Gasteiger partial charge in [0.1, 0.15) is 0 Å². The van der Waals surface area contributed by atoms with Crippen molar-refractivity contribution < 1.29 is 9.59 Å². The fourth-order valence-electron chi connectivity index (χ4n) is 2.21. The van der Waals surface area contributed by atoms with Crippen molar-refractivity contribution in [3.8, 4) is 0 Å². The van der Waals surface area contributed by atoms with E-state index in [0.717, 1.165) is 10.5 Å². The molecule has 2 atom stereocenters. The number of benzene rings is 1. The molecule has 1 saturated heterocycles. The van der Waals surface area contributed by atoms with E-state index in [0.29, 0.717) is 5.70 Å². The van der Waals surface area contributed by atoms with Gasteiger partial charge < -0.3 is 16.5 Å². The molecule has 21 heavy (non-hydrogen) atoms. The van der Waals surface area contributed by atoms with Crippen LogP contribution < -0.4 is 22.3 Å². The molecule has 0 radical (unpaired) electrons. The molecule has 2 unspecified atom stereocenters. The number of amides is 3. The number of carbonyl (C=O) groups is 2. The molecule has 0 bridgehead atoms. The summed E-state index contributed by atoms with van der Waals surface area (Å²) in [5.74, 6) is 4.89. The summed E-state index contributed by atoms with van der Waals surface area (Å²) < 4.78 is 0. The molecule has 0 spiro atoms. The number of β-lactam (4-membered cyclic amide) rings is 1. The number of imide groups is 1. The molecule has 1 aliphatic heterocycles. The van der Waals surface area contributed by atoms with Gasteiger partial charge in [0.15, 0.2) is 0 Å². The molecule has 1 aromatic carbocycles. The zero-order chi connectivity index (χ0) is 15.4. The van der Waals surface area contributed by atoms with Crippen LogP contribution in [0.3, 0.4) is 0 Å². The third-order valence-corrected chi connectivity index (χ3v) is 3.44. The third-order valence-electron chi connectivity index (χ3n) is 3.44. The number of rotatable bonds is 4. The molecule has 6 N–H and O–H groups in total. The molecule has 0 aliphatic carbocycles. The fraction of sp³-hybridized carbons (Fsp3) is 0.286. The summed E-state index contributed by atoms with van der Waals surface area (Å²) in [5, 5.41) is 2.79. The summed E-state index contributed by atoms with van der Waals surface area (Å²) in [6, 6.07) is 8.40. The van der Waals surface area contributed by atoms with Crippen LogP contribution in [0, 0.1) is 0 Å². The molecule has 7 nitrogen and oxygen atoms in total. The maximum atomic E-state index is 12.2. The molecule has 7 heteroatoms. The monoisotopic (exact) mass is 289 g/mol. The average molecular weight is 289 g/mol. The van der Waals surface area contributed by atoms with Gasteiger partial charge in [0, 0.05) is 11.9 Å². The van der Waals surface area contributed by atoms with Crippen molar-refractivity contribution in [2.45, 2.75) is 25.4 Å². The van der Waals surface area contributed by atoms with Crippen molar-refractivity contribution in [2.24, 2.45) is 11.6 Å². The smallest absolute Gasteiger partial charge is 0.325 e. The number of hydrogen-bond donors (Lipinski definition) is 4. The highest BCUT2D eigenvalue weighted by molar-refractivity contribution is 6.00. The number of nitrogens with two attached hydrogens (primary N) is 2. The lowest BCUT2D eigenvalue weighted by Gasteiger charge is -2.39. The van der Waals surface area contributed by atoms with Gasteiger partial charge in [-0.1, -0.05) is 30.3 Å². The second kappa shape index (κ2) is 6.27. The van der Waals surface area contributed by atoms with Crippen LogP contribution in [0.15, 0.2) is 42.2 Å². The highest BCUT2D eigenvalue weighted by Gasteiger charge is 2.42. The Hall–Kier alpha value is -2.54. The molecule has 1 fully saturated rings. The van der Waals surface area contributed by atoms with Crippen molar-refractivity contribution in [3.05, 3.63) is 47.8 Å². The van der Waals surface area contributed by atoms with E-state index < -0.39 is 12.1 Å². The van der Waals surface area contributed by atoms with Crippen molar-refractivity contribution >= 4 is 11.9 Å². The topological polar surface area (TPSA) is 113 Å². The van der Waals surface area contributed by atoms with Gasteiger partial charge in [-0.3, -0.25) is 15.5 Å². The van der Waals surface area contributed by atoms with Crippen molar-refractivity contribution in [1.29, 1.82) is 0 Å². The fourth-order valence-corrected chi connectivity index (χ4v) is 2.21. The lowest BCUT2D eigenvalue weighted by molar-refractivity contribution is -0.139. The lowest BCUT2D eigenvalue weighted by atomic mass is 9.99. The summed E-state index contributed by atoms with van der Waals surface area (Å²) in [6.07, 6.45) is 1.58. The van der Waals surface area contributed by atoms with E-state index in [4.69, 9.17) is 11.6 Å². The predicted molar refractivity (Wildman–Crippen MR) is 78.2 cm³/mol. The highest BCUT2D eigenvalue weighted by Crippen LogP contribution is 2.24. The van der Waals surface area contributed by atoms with Crippen LogP contribution in [0.4, 0.5) is 4.79 Å². The van der Waals surface area contributed by atoms with E-state index in [1.54, 1.807) is 0 Å². The van der Waals surface area contributed by atoms with E-state index in [9.17, 15) is 9.59 Å². The largest absolute Gasteiger partial charge is 0.399 e. The number of likely N-dealkylation sites (tertiary alicyclic amines) is 1. The molecular weight excluding hydrogens is 270 g/mol. The maximum absolute atomic E-state index is 12.2. The first-order valence-corrected chi connectivity index (χ1v) is 6.63. The van der Waals surface area contributed by atoms with Gasteiger partial charge in [0.05, 0.1) is 18.5 Å². The first kappa shape index (κ1) is 14.9. The number of hydrogen-bond acceptors (Lipinski definition) is 5. The van der Waals surface area contributed by atoms with E-state index in [2.05, 4.69) is 10.7 Å². The Labute approximate surface area is 122 Å². The van der Waals surface area contributed by atoms with Gasteiger partial charge in [-0.15, -0.1) is 0 Å². The van der Waals surface area contributed by atoms with E-state index in [1.807, 2.05) is 37.3 Å². The Bertz CT molecular complexity index is 558. The van der Waals surface area contributed by atoms with Crippen LogP contribution >= 0.6 is 0 Å². The molecule has 0 aromatic heterocycles. The number of hydrazine groups is 1. The Morgan fingerprint density at radius 3 is 2.67 bits per heavy atom. The molecule has 0 saturated carbocycles. The standard InChI is InChI=1S/C14H19N5O2/c1-9(10-5-3-2-4-6-10)18-14(21)19-12(7-13(19)20)11(15)8-17-16/h2-6,8-9,12,17H,7,15-16H2,1H3,(H,18,21)/b11-8-. The first-order valence-electron chi connectivity index (χ1n) is 6.63. The minimum Gasteiger partial charge on any atom is -0.399 e. The Morgan fingerprint density at radius 1 is 1.43 bits per heavy atom. The maximum Gasteiger partial charge on any atom is 0.325 e. The van der Waals surface area contributed by atoms with E-state index in [-0.39, 0.29) is 18.4 Å². The molecule has 1 heterocycles. The van der Waals surface area contributed by atoms with Crippen LogP contribution in [-0.4, -0.2) is 22.9 Å². The van der Waals surface area contributed by atoms with Crippen LogP contribution in [0.2, 0.25) is 0 Å². The van der Waals surface area contributed by atoms with Crippen LogP contribution in [-0.2, 0) is 4.79 Å². The summed E-state index contributed by atoms with van der Waals surface area (Å²) in [7, 11) is 0. The van der Waals surface area contributed by atoms with Gasteiger partial charge in [-0.2, -0.15) is 0 Å². The third kappa shape index (κ3) is 3.14. The number of nitrogens with one attached hydrogen (secondary N) is 2. The van der Waals surface area contributed by atoms with Gasteiger partial charge >= 0.3 is 6.03 Å². The number of urea groups is 1. The van der Waals surface area contributed by atoms with Crippen molar-refractivity contribution in [2.75, 3.05) is 0 Å². The molecular formula is C14H19N5O2. The van der Waals surface area contributed by atoms with E-state index >= 15 is 0 Å². The minimum absolute atomic E-state index is 0.203. The Kier molecular flexibility index (Phi) is 4.44. The molecule has 1 aromatic rings. The highest BCUT2D eigenvalue weighted by atomic mass is 16.2. The van der Waals surface area contributed by atoms with Crippen LogP contribution in [0.1, 0.15) is 24.9 Å². The summed E-state index contributed by atoms with van der Waals surface area (Å²) in [6.45, 7) is 1.85. The predicted octanol–water partition coefficient (Wildman–Crippen LogP) is 0.322.